The maximum atomic E-state index is 13.0. The molecule has 0 spiro atoms. The van der Waals surface area contributed by atoms with Crippen molar-refractivity contribution < 1.29 is 14.4 Å². The molecule has 0 radical (unpaired) electrons. The summed E-state index contributed by atoms with van der Waals surface area (Å²) < 4.78 is 2.10. The number of imidazole rings is 1. The van der Waals surface area contributed by atoms with E-state index in [-0.39, 0.29) is 5.75 Å². The van der Waals surface area contributed by atoms with Crippen LogP contribution in [0.5, 0.6) is 0 Å². The Morgan fingerprint density at radius 1 is 0.972 bits per heavy atom. The number of hydrogen-bond acceptors (Lipinski definition) is 5. The van der Waals surface area contributed by atoms with Gasteiger partial charge in [-0.1, -0.05) is 84.6 Å². The number of aryl methyl sites for hydroxylation is 2. The summed E-state index contributed by atoms with van der Waals surface area (Å²) in [6.45, 7) is 2.33. The van der Waals surface area contributed by atoms with Crippen LogP contribution in [0.15, 0.2) is 90.1 Å². The van der Waals surface area contributed by atoms with E-state index < -0.39 is 23.4 Å². The smallest absolute Gasteiger partial charge is 0.319 e. The van der Waals surface area contributed by atoms with Gasteiger partial charge in [0.1, 0.15) is 5.54 Å². The van der Waals surface area contributed by atoms with Crippen molar-refractivity contribution >= 4 is 40.6 Å². The Morgan fingerprint density at radius 3 is 2.39 bits per heavy atom. The lowest BCUT2D eigenvalue weighted by atomic mass is 9.92. The van der Waals surface area contributed by atoms with Gasteiger partial charge >= 0.3 is 6.03 Å². The number of benzene rings is 3. The third-order valence-corrected chi connectivity index (χ3v) is 7.17. The number of imide groups is 1. The lowest BCUT2D eigenvalue weighted by Gasteiger charge is -2.22. The number of amides is 4. The molecule has 2 heterocycles. The van der Waals surface area contributed by atoms with Crippen molar-refractivity contribution in [3.63, 3.8) is 0 Å². The molecule has 1 unspecified atom stereocenters. The molecule has 36 heavy (non-hydrogen) atoms. The second-order valence-electron chi connectivity index (χ2n) is 8.66. The molecule has 1 atom stereocenters. The molecule has 0 bridgehead atoms. The standard InChI is InChI=1S/C27H25N5O3S/c1-27(20-12-6-3-7-13-20)24(34)32(25(35)29-27)30-23(33)18-36-26-28-21-14-8-9-15-22(21)31(26)17-16-19-10-4-2-5-11-19/h2-15H,16-18H2,1H3,(H,29,35)(H,30,33). The van der Waals surface area contributed by atoms with Gasteiger partial charge in [0.2, 0.25) is 5.91 Å². The summed E-state index contributed by atoms with van der Waals surface area (Å²) in [4.78, 5) is 43.1. The summed E-state index contributed by atoms with van der Waals surface area (Å²) in [5.74, 6) is -1.01. The van der Waals surface area contributed by atoms with E-state index in [9.17, 15) is 14.4 Å². The highest BCUT2D eigenvalue weighted by Gasteiger charge is 2.49. The predicted octanol–water partition coefficient (Wildman–Crippen LogP) is 3.87. The highest BCUT2D eigenvalue weighted by Crippen LogP contribution is 2.28. The minimum absolute atomic E-state index is 0.00618. The van der Waals surface area contributed by atoms with Crippen LogP contribution in [-0.2, 0) is 28.1 Å². The first-order valence-corrected chi connectivity index (χ1v) is 12.6. The van der Waals surface area contributed by atoms with Gasteiger partial charge in [-0.05, 0) is 36.6 Å². The van der Waals surface area contributed by atoms with Crippen LogP contribution in [-0.4, -0.2) is 38.2 Å². The van der Waals surface area contributed by atoms with Gasteiger partial charge in [-0.3, -0.25) is 15.0 Å². The number of thioether (sulfide) groups is 1. The van der Waals surface area contributed by atoms with Gasteiger partial charge in [0.25, 0.3) is 5.91 Å². The monoisotopic (exact) mass is 499 g/mol. The van der Waals surface area contributed by atoms with Crippen molar-refractivity contribution in [2.45, 2.75) is 30.6 Å². The number of aromatic nitrogens is 2. The molecule has 5 rings (SSSR count). The number of hydrazine groups is 1. The summed E-state index contributed by atoms with van der Waals surface area (Å²) in [6, 6.07) is 26.3. The van der Waals surface area contributed by atoms with Gasteiger partial charge in [-0.15, -0.1) is 0 Å². The van der Waals surface area contributed by atoms with Crippen LogP contribution < -0.4 is 10.7 Å². The van der Waals surface area contributed by atoms with Crippen molar-refractivity contribution in [1.82, 2.24) is 25.3 Å². The van der Waals surface area contributed by atoms with Crippen LogP contribution in [0, 0.1) is 0 Å². The normalized spacial score (nSPS) is 17.4. The van der Waals surface area contributed by atoms with E-state index in [1.165, 1.54) is 17.3 Å². The van der Waals surface area contributed by atoms with Crippen LogP contribution >= 0.6 is 11.8 Å². The fourth-order valence-electron chi connectivity index (χ4n) is 4.26. The van der Waals surface area contributed by atoms with Crippen molar-refractivity contribution in [1.29, 1.82) is 0 Å². The number of nitrogens with zero attached hydrogens (tertiary/aromatic N) is 3. The third-order valence-electron chi connectivity index (χ3n) is 6.20. The maximum Gasteiger partial charge on any atom is 0.344 e. The van der Waals surface area contributed by atoms with E-state index in [0.29, 0.717) is 17.3 Å². The van der Waals surface area contributed by atoms with Crippen LogP contribution in [0.25, 0.3) is 11.0 Å². The highest BCUT2D eigenvalue weighted by molar-refractivity contribution is 7.99. The van der Waals surface area contributed by atoms with Crippen LogP contribution in [0.4, 0.5) is 4.79 Å². The molecule has 4 aromatic rings. The first-order chi connectivity index (χ1) is 17.5. The molecule has 4 amide bonds. The first-order valence-electron chi connectivity index (χ1n) is 11.6. The second kappa shape index (κ2) is 9.87. The molecule has 182 valence electrons. The van der Waals surface area contributed by atoms with Crippen molar-refractivity contribution in [2.75, 3.05) is 5.75 Å². The van der Waals surface area contributed by atoms with E-state index in [1.807, 2.05) is 48.5 Å². The summed E-state index contributed by atoms with van der Waals surface area (Å²) in [5, 5.41) is 4.14. The van der Waals surface area contributed by atoms with Gasteiger partial charge in [-0.2, -0.15) is 5.01 Å². The number of rotatable bonds is 8. The Bertz CT molecular complexity index is 1420. The number of para-hydroxylation sites is 2. The van der Waals surface area contributed by atoms with Crippen molar-refractivity contribution in [2.24, 2.45) is 0 Å². The van der Waals surface area contributed by atoms with Gasteiger partial charge < -0.3 is 9.88 Å². The molecule has 1 aliphatic heterocycles. The van der Waals surface area contributed by atoms with Gasteiger partial charge in [-0.25, -0.2) is 9.78 Å². The Balaban J connectivity index is 1.27. The van der Waals surface area contributed by atoms with Crippen LogP contribution in [0.1, 0.15) is 18.1 Å². The Hall–Kier alpha value is -4.11. The molecule has 1 fully saturated rings. The molecular formula is C27H25N5O3S. The Morgan fingerprint density at radius 2 is 1.64 bits per heavy atom. The molecular weight excluding hydrogens is 474 g/mol. The molecule has 1 saturated heterocycles. The van der Waals surface area contributed by atoms with Gasteiger partial charge in [0.15, 0.2) is 5.16 Å². The van der Waals surface area contributed by atoms with E-state index in [2.05, 4.69) is 27.4 Å². The quantitative estimate of drug-likeness (QED) is 0.283. The largest absolute Gasteiger partial charge is 0.344 e. The number of carbonyl (C=O) groups excluding carboxylic acids is 3. The summed E-state index contributed by atoms with van der Waals surface area (Å²) in [6.07, 6.45) is 0.821. The molecule has 8 nitrogen and oxygen atoms in total. The molecule has 3 aromatic carbocycles. The highest BCUT2D eigenvalue weighted by atomic mass is 32.2. The number of carbonyl (C=O) groups is 3. The molecule has 1 aromatic heterocycles. The molecule has 9 heteroatoms. The summed E-state index contributed by atoms with van der Waals surface area (Å²) >= 11 is 1.27. The summed E-state index contributed by atoms with van der Waals surface area (Å²) in [7, 11) is 0. The van der Waals surface area contributed by atoms with Gasteiger partial charge in [0.05, 0.1) is 16.8 Å². The zero-order valence-corrected chi connectivity index (χ0v) is 20.5. The topological polar surface area (TPSA) is 96.3 Å². The lowest BCUT2D eigenvalue weighted by molar-refractivity contribution is -0.138. The second-order valence-corrected chi connectivity index (χ2v) is 9.60. The zero-order chi connectivity index (χ0) is 25.1. The summed E-state index contributed by atoms with van der Waals surface area (Å²) in [5.41, 5.74) is 4.90. The lowest BCUT2D eigenvalue weighted by Crippen LogP contribution is -2.48. The van der Waals surface area contributed by atoms with Crippen LogP contribution in [0.2, 0.25) is 0 Å². The van der Waals surface area contributed by atoms with Crippen LogP contribution in [0.3, 0.4) is 0 Å². The van der Waals surface area contributed by atoms with E-state index in [4.69, 9.17) is 4.98 Å². The number of urea groups is 1. The average Bonchev–Trinajstić information content (AvgIpc) is 3.37. The Labute approximate surface area is 212 Å². The fourth-order valence-corrected chi connectivity index (χ4v) is 5.09. The SMILES string of the molecule is CC1(c2ccccc2)NC(=O)N(NC(=O)CSc2nc3ccccc3n2CCc2ccccc2)C1=O. The average molecular weight is 500 g/mol. The minimum Gasteiger partial charge on any atom is -0.319 e. The molecule has 0 aliphatic carbocycles. The maximum absolute atomic E-state index is 13.0. The first kappa shape index (κ1) is 23.6. The van der Waals surface area contributed by atoms with E-state index in [0.717, 1.165) is 22.5 Å². The number of hydrogen-bond donors (Lipinski definition) is 2. The molecule has 1 aliphatic rings. The fraction of sp³-hybridized carbons (Fsp3) is 0.185. The number of fused-ring (bicyclic) bond motifs is 1. The predicted molar refractivity (Wildman–Crippen MR) is 138 cm³/mol. The molecule has 2 N–H and O–H groups in total. The zero-order valence-electron chi connectivity index (χ0n) is 19.7. The van der Waals surface area contributed by atoms with E-state index in [1.54, 1.807) is 31.2 Å². The van der Waals surface area contributed by atoms with E-state index >= 15 is 0 Å². The number of nitrogens with one attached hydrogen (secondary N) is 2. The van der Waals surface area contributed by atoms with Crippen molar-refractivity contribution in [3.05, 3.63) is 96.1 Å². The third kappa shape index (κ3) is 4.57. The Kier molecular flexibility index (Phi) is 6.47. The van der Waals surface area contributed by atoms with Gasteiger partial charge in [0, 0.05) is 6.54 Å². The van der Waals surface area contributed by atoms with Crippen molar-refractivity contribution in [3.8, 4) is 0 Å². The minimum atomic E-state index is -1.25. The molecule has 0 saturated carbocycles.